The van der Waals surface area contributed by atoms with Gasteiger partial charge in [0.25, 0.3) is 5.91 Å². The van der Waals surface area contributed by atoms with E-state index >= 15 is 0 Å². The highest BCUT2D eigenvalue weighted by molar-refractivity contribution is 8.00. The number of rotatable bonds is 2. The number of phenols is 1. The number of primary amides is 1. The average molecular weight is 332 g/mol. The Balaban J connectivity index is 2.01. The molecule has 1 aromatic rings. The van der Waals surface area contributed by atoms with Gasteiger partial charge in [0.15, 0.2) is 0 Å². The zero-order valence-corrected chi connectivity index (χ0v) is 13.2. The van der Waals surface area contributed by atoms with Crippen molar-refractivity contribution in [3.8, 4) is 5.75 Å². The van der Waals surface area contributed by atoms with Gasteiger partial charge in [0, 0.05) is 12.3 Å². The quantitative estimate of drug-likeness (QED) is 0.708. The lowest BCUT2D eigenvalue weighted by atomic mass is 10.1. The summed E-state index contributed by atoms with van der Waals surface area (Å²) in [7, 11) is 0. The standard InChI is InChI=1S/C16H16N2O4S/c1-8-2-4-10-14(13(8)20)23-16(22)11-6-9(3-5-12(17)19)7-18(11)15(10)21/h2-5,7,11,16,20,22H,6H2,1H3,(H2,17,19). The minimum absolute atomic E-state index is 0.0268. The van der Waals surface area contributed by atoms with Crippen LogP contribution in [-0.2, 0) is 4.79 Å². The van der Waals surface area contributed by atoms with E-state index < -0.39 is 17.4 Å². The van der Waals surface area contributed by atoms with Crippen LogP contribution < -0.4 is 5.73 Å². The van der Waals surface area contributed by atoms with Gasteiger partial charge in [0.1, 0.15) is 11.2 Å². The van der Waals surface area contributed by atoms with Crippen LogP contribution in [0.5, 0.6) is 5.75 Å². The second-order valence-corrected chi connectivity index (χ2v) is 6.67. The Morgan fingerprint density at radius 3 is 2.91 bits per heavy atom. The van der Waals surface area contributed by atoms with Gasteiger partial charge < -0.3 is 20.8 Å². The highest BCUT2D eigenvalue weighted by atomic mass is 32.2. The van der Waals surface area contributed by atoms with E-state index in [2.05, 4.69) is 0 Å². The maximum atomic E-state index is 12.7. The zero-order valence-electron chi connectivity index (χ0n) is 12.4. The van der Waals surface area contributed by atoms with E-state index in [4.69, 9.17) is 5.73 Å². The van der Waals surface area contributed by atoms with Crippen LogP contribution in [-0.4, -0.2) is 38.4 Å². The predicted molar refractivity (Wildman–Crippen MR) is 85.7 cm³/mol. The van der Waals surface area contributed by atoms with Crippen LogP contribution >= 0.6 is 11.8 Å². The first-order chi connectivity index (χ1) is 10.9. The molecule has 23 heavy (non-hydrogen) atoms. The van der Waals surface area contributed by atoms with Gasteiger partial charge in [-0.15, -0.1) is 0 Å². The lowest BCUT2D eigenvalue weighted by Crippen LogP contribution is -2.37. The summed E-state index contributed by atoms with van der Waals surface area (Å²) < 4.78 is 0. The van der Waals surface area contributed by atoms with Crippen molar-refractivity contribution in [2.24, 2.45) is 5.73 Å². The summed E-state index contributed by atoms with van der Waals surface area (Å²) >= 11 is 1.07. The number of thioether (sulfide) groups is 1. The largest absolute Gasteiger partial charge is 0.506 e. The molecule has 2 amide bonds. The molecule has 0 fully saturated rings. The highest BCUT2D eigenvalue weighted by Crippen LogP contribution is 2.44. The minimum Gasteiger partial charge on any atom is -0.506 e. The Labute approximate surface area is 137 Å². The number of aromatic hydroxyl groups is 1. The normalized spacial score (nSPS) is 23.5. The van der Waals surface area contributed by atoms with Crippen LogP contribution in [0.25, 0.3) is 0 Å². The summed E-state index contributed by atoms with van der Waals surface area (Å²) in [5.41, 5.74) is 5.94. The first kappa shape index (κ1) is 15.6. The van der Waals surface area contributed by atoms with Crippen molar-refractivity contribution in [2.75, 3.05) is 0 Å². The summed E-state index contributed by atoms with van der Waals surface area (Å²) in [6.07, 6.45) is 4.81. The SMILES string of the molecule is Cc1ccc2c(c1O)SC(O)C1CC(C=CC(N)=O)=CN1C2=O. The van der Waals surface area contributed by atoms with Crippen molar-refractivity contribution in [1.82, 2.24) is 4.90 Å². The van der Waals surface area contributed by atoms with Gasteiger partial charge in [-0.2, -0.15) is 0 Å². The van der Waals surface area contributed by atoms with E-state index in [0.717, 1.165) is 17.3 Å². The number of fused-ring (bicyclic) bond motifs is 2. The maximum absolute atomic E-state index is 12.7. The molecular formula is C16H16N2O4S. The number of hydrogen-bond acceptors (Lipinski definition) is 5. The summed E-state index contributed by atoms with van der Waals surface area (Å²) in [6, 6.07) is 2.87. The molecule has 2 unspecified atom stereocenters. The van der Waals surface area contributed by atoms with Crippen molar-refractivity contribution in [1.29, 1.82) is 0 Å². The Morgan fingerprint density at radius 1 is 1.48 bits per heavy atom. The van der Waals surface area contributed by atoms with Crippen molar-refractivity contribution >= 4 is 23.6 Å². The number of nitrogens with two attached hydrogens (primary N) is 1. The highest BCUT2D eigenvalue weighted by Gasteiger charge is 2.39. The number of aliphatic hydroxyl groups is 1. The molecule has 6 nitrogen and oxygen atoms in total. The Morgan fingerprint density at radius 2 is 2.22 bits per heavy atom. The first-order valence-corrected chi connectivity index (χ1v) is 7.94. The number of amides is 2. The van der Waals surface area contributed by atoms with Gasteiger partial charge in [0.05, 0.1) is 16.5 Å². The molecule has 0 aliphatic carbocycles. The van der Waals surface area contributed by atoms with Gasteiger partial charge in [-0.3, -0.25) is 9.59 Å². The fraction of sp³-hybridized carbons (Fsp3) is 0.250. The van der Waals surface area contributed by atoms with Gasteiger partial charge >= 0.3 is 0 Å². The molecule has 120 valence electrons. The molecule has 0 saturated heterocycles. The summed E-state index contributed by atoms with van der Waals surface area (Å²) in [4.78, 5) is 25.4. The number of nitrogens with zero attached hydrogens (tertiary/aromatic N) is 1. The number of carbonyl (C=O) groups excluding carboxylic acids is 2. The van der Waals surface area contributed by atoms with Crippen molar-refractivity contribution < 1.29 is 19.8 Å². The van der Waals surface area contributed by atoms with E-state index in [-0.39, 0.29) is 11.7 Å². The van der Waals surface area contributed by atoms with Crippen LogP contribution in [0.2, 0.25) is 0 Å². The molecule has 1 aromatic carbocycles. The predicted octanol–water partition coefficient (Wildman–Crippen LogP) is 1.26. The number of phenolic OH excluding ortho intramolecular Hbond substituents is 1. The van der Waals surface area contributed by atoms with Crippen LogP contribution in [0.15, 0.2) is 41.0 Å². The fourth-order valence-corrected chi connectivity index (χ4v) is 3.89. The Kier molecular flexibility index (Phi) is 3.91. The third-order valence-corrected chi connectivity index (χ3v) is 5.14. The van der Waals surface area contributed by atoms with E-state index in [1.807, 2.05) is 0 Å². The van der Waals surface area contributed by atoms with Gasteiger partial charge in [0.2, 0.25) is 5.91 Å². The van der Waals surface area contributed by atoms with Crippen LogP contribution in [0.4, 0.5) is 0 Å². The second kappa shape index (κ2) is 5.75. The lowest BCUT2D eigenvalue weighted by molar-refractivity contribution is -0.113. The third kappa shape index (κ3) is 2.73. The van der Waals surface area contributed by atoms with Gasteiger partial charge in [-0.05, 0) is 30.5 Å². The summed E-state index contributed by atoms with van der Waals surface area (Å²) in [6.45, 7) is 1.74. The minimum atomic E-state index is -0.886. The van der Waals surface area contributed by atoms with Crippen LogP contribution in [0, 0.1) is 6.92 Å². The molecule has 2 aliphatic rings. The molecular weight excluding hydrogens is 316 g/mol. The monoisotopic (exact) mass is 332 g/mol. The van der Waals surface area contributed by atoms with Gasteiger partial charge in [-0.25, -0.2) is 0 Å². The van der Waals surface area contributed by atoms with Crippen molar-refractivity contribution in [3.05, 3.63) is 47.2 Å². The molecule has 0 spiro atoms. The molecule has 3 rings (SSSR count). The molecule has 0 radical (unpaired) electrons. The second-order valence-electron chi connectivity index (χ2n) is 5.54. The molecule has 0 saturated carbocycles. The molecule has 2 heterocycles. The molecule has 4 N–H and O–H groups in total. The van der Waals surface area contributed by atoms with E-state index in [9.17, 15) is 19.8 Å². The van der Waals surface area contributed by atoms with Gasteiger partial charge in [-0.1, -0.05) is 23.9 Å². The molecule has 0 bridgehead atoms. The van der Waals surface area contributed by atoms with Crippen LogP contribution in [0.3, 0.4) is 0 Å². The number of benzene rings is 1. The Bertz CT molecular complexity index is 757. The number of allylic oxidation sites excluding steroid dienone is 1. The average Bonchev–Trinajstić information content (AvgIpc) is 2.90. The summed E-state index contributed by atoms with van der Waals surface area (Å²) in [5, 5.41) is 20.6. The van der Waals surface area contributed by atoms with Crippen molar-refractivity contribution in [2.45, 2.75) is 29.7 Å². The first-order valence-electron chi connectivity index (χ1n) is 7.06. The number of hydrogen-bond donors (Lipinski definition) is 3. The topological polar surface area (TPSA) is 104 Å². The van der Waals surface area contributed by atoms with Crippen molar-refractivity contribution in [3.63, 3.8) is 0 Å². The smallest absolute Gasteiger partial charge is 0.259 e. The third-order valence-electron chi connectivity index (χ3n) is 3.93. The summed E-state index contributed by atoms with van der Waals surface area (Å²) in [5.74, 6) is -0.828. The molecule has 7 heteroatoms. The molecule has 2 atom stereocenters. The van der Waals surface area contributed by atoms with E-state index in [1.165, 1.54) is 11.0 Å². The molecule has 0 aromatic heterocycles. The lowest BCUT2D eigenvalue weighted by Gasteiger charge is -2.23. The zero-order chi connectivity index (χ0) is 16.7. The molecule has 2 aliphatic heterocycles. The Hall–Kier alpha value is -2.25. The van der Waals surface area contributed by atoms with E-state index in [1.54, 1.807) is 31.3 Å². The number of aryl methyl sites for hydroxylation is 1. The number of aliphatic hydroxyl groups excluding tert-OH is 1. The van der Waals surface area contributed by atoms with E-state index in [0.29, 0.717) is 22.4 Å². The fourth-order valence-electron chi connectivity index (χ4n) is 2.71. The maximum Gasteiger partial charge on any atom is 0.259 e. The van der Waals surface area contributed by atoms with Crippen LogP contribution in [0.1, 0.15) is 22.3 Å². The number of carbonyl (C=O) groups is 2.